The molecule has 0 saturated heterocycles. The molecule has 4 nitrogen and oxygen atoms in total. The minimum absolute atomic E-state index is 0.0539. The van der Waals surface area contributed by atoms with Crippen LogP contribution in [0.25, 0.3) is 0 Å². The lowest BCUT2D eigenvalue weighted by atomic mass is 10.1. The standard InChI is InChI=1S/C27H18FN3OS2/c1-32-23-15-9-8-14-22(23)31-25-21(17-30)20(16-29)24(28)26(33-18-10-4-2-5-11-18)27(25)34-19-12-6-3-7-13-19/h2-15,31H,1H3. The van der Waals surface area contributed by atoms with E-state index in [-0.39, 0.29) is 16.0 Å². The number of para-hydroxylation sites is 2. The van der Waals surface area contributed by atoms with E-state index in [1.807, 2.05) is 84.9 Å². The number of nitriles is 2. The van der Waals surface area contributed by atoms with Crippen molar-refractivity contribution >= 4 is 34.9 Å². The summed E-state index contributed by atoms with van der Waals surface area (Å²) in [7, 11) is 1.55. The molecule has 0 fully saturated rings. The third kappa shape index (κ3) is 4.87. The molecule has 4 rings (SSSR count). The Bertz CT molecular complexity index is 1400. The largest absolute Gasteiger partial charge is 0.495 e. The number of halogens is 1. The van der Waals surface area contributed by atoms with E-state index in [1.165, 1.54) is 23.5 Å². The average Bonchev–Trinajstić information content (AvgIpc) is 2.89. The Balaban J connectivity index is 1.99. The minimum atomic E-state index is -0.711. The molecule has 4 aromatic rings. The van der Waals surface area contributed by atoms with Crippen LogP contribution in [-0.4, -0.2) is 7.11 Å². The second-order valence-corrected chi connectivity index (χ2v) is 9.14. The molecule has 0 bridgehead atoms. The number of rotatable bonds is 7. The third-order valence-corrected chi connectivity index (χ3v) is 7.21. The smallest absolute Gasteiger partial charge is 0.157 e. The van der Waals surface area contributed by atoms with Crippen molar-refractivity contribution in [3.8, 4) is 17.9 Å². The van der Waals surface area contributed by atoms with Gasteiger partial charge in [-0.1, -0.05) is 72.1 Å². The van der Waals surface area contributed by atoms with E-state index in [0.717, 1.165) is 9.79 Å². The van der Waals surface area contributed by atoms with Gasteiger partial charge in [0.2, 0.25) is 0 Å². The zero-order chi connectivity index (χ0) is 23.9. The summed E-state index contributed by atoms with van der Waals surface area (Å²) < 4.78 is 21.2. The summed E-state index contributed by atoms with van der Waals surface area (Å²) in [4.78, 5) is 2.47. The fourth-order valence-corrected chi connectivity index (χ4v) is 5.43. The number of nitrogens with zero attached hydrogens (tertiary/aromatic N) is 2. The van der Waals surface area contributed by atoms with Gasteiger partial charge in [0, 0.05) is 9.79 Å². The topological polar surface area (TPSA) is 68.8 Å². The summed E-state index contributed by atoms with van der Waals surface area (Å²) >= 11 is 2.55. The molecule has 4 aromatic carbocycles. The molecule has 0 heterocycles. The van der Waals surface area contributed by atoms with Crippen LogP contribution in [0.15, 0.2) is 105 Å². The molecule has 0 aliphatic rings. The lowest BCUT2D eigenvalue weighted by Crippen LogP contribution is -2.05. The summed E-state index contributed by atoms with van der Waals surface area (Å²) in [6.45, 7) is 0. The third-order valence-electron chi connectivity index (χ3n) is 4.87. The Labute approximate surface area is 206 Å². The fraction of sp³-hybridized carbons (Fsp3) is 0.0370. The van der Waals surface area contributed by atoms with Crippen LogP contribution >= 0.6 is 23.5 Å². The predicted octanol–water partition coefficient (Wildman–Crippen LogP) is 7.62. The molecule has 0 saturated carbocycles. The quantitative estimate of drug-likeness (QED) is 0.291. The van der Waals surface area contributed by atoms with Crippen LogP contribution in [0.4, 0.5) is 15.8 Å². The first-order valence-corrected chi connectivity index (χ1v) is 11.8. The molecular weight excluding hydrogens is 465 g/mol. The summed E-state index contributed by atoms with van der Waals surface area (Å²) in [6.07, 6.45) is 0. The Hall–Kier alpha value is -3.91. The van der Waals surface area contributed by atoms with Crippen molar-refractivity contribution < 1.29 is 9.13 Å². The van der Waals surface area contributed by atoms with Crippen LogP contribution in [0.2, 0.25) is 0 Å². The van der Waals surface area contributed by atoms with E-state index in [2.05, 4.69) is 5.32 Å². The molecule has 0 aromatic heterocycles. The van der Waals surface area contributed by atoms with Gasteiger partial charge in [-0.25, -0.2) is 4.39 Å². The lowest BCUT2D eigenvalue weighted by molar-refractivity contribution is 0.417. The molecule has 0 radical (unpaired) electrons. The van der Waals surface area contributed by atoms with Gasteiger partial charge in [0.05, 0.1) is 33.8 Å². The molecule has 0 atom stereocenters. The van der Waals surface area contributed by atoms with Crippen molar-refractivity contribution in [2.24, 2.45) is 0 Å². The predicted molar refractivity (Wildman–Crippen MR) is 133 cm³/mol. The zero-order valence-corrected chi connectivity index (χ0v) is 19.7. The summed E-state index contributed by atoms with van der Waals surface area (Å²) in [6, 6.07) is 30.1. The molecular formula is C27H18FN3OS2. The Morgan fingerprint density at radius 2 is 1.26 bits per heavy atom. The molecule has 1 N–H and O–H groups in total. The van der Waals surface area contributed by atoms with Gasteiger partial charge in [-0.15, -0.1) is 0 Å². The highest BCUT2D eigenvalue weighted by molar-refractivity contribution is 8.02. The highest BCUT2D eigenvalue weighted by Gasteiger charge is 2.26. The van der Waals surface area contributed by atoms with Crippen molar-refractivity contribution in [2.75, 3.05) is 12.4 Å². The summed E-state index contributed by atoms with van der Waals surface area (Å²) in [5, 5.41) is 23.0. The van der Waals surface area contributed by atoms with Gasteiger partial charge in [-0.3, -0.25) is 0 Å². The van der Waals surface area contributed by atoms with Gasteiger partial charge < -0.3 is 10.1 Å². The molecule has 0 spiro atoms. The fourth-order valence-electron chi connectivity index (χ4n) is 3.29. The second kappa shape index (κ2) is 10.8. The number of hydrogen-bond donors (Lipinski definition) is 1. The summed E-state index contributed by atoms with van der Waals surface area (Å²) in [5.41, 5.74) is 0.609. The molecule has 0 amide bonds. The number of nitrogens with one attached hydrogen (secondary N) is 1. The molecule has 0 aliphatic heterocycles. The molecule has 0 unspecified atom stereocenters. The molecule has 7 heteroatoms. The van der Waals surface area contributed by atoms with E-state index in [0.29, 0.717) is 22.0 Å². The first kappa shape index (κ1) is 23.3. The Morgan fingerprint density at radius 1 is 0.735 bits per heavy atom. The van der Waals surface area contributed by atoms with Crippen LogP contribution in [-0.2, 0) is 0 Å². The number of anilines is 2. The van der Waals surface area contributed by atoms with Crippen molar-refractivity contribution in [1.82, 2.24) is 0 Å². The van der Waals surface area contributed by atoms with Crippen molar-refractivity contribution in [3.63, 3.8) is 0 Å². The van der Waals surface area contributed by atoms with Crippen molar-refractivity contribution in [3.05, 3.63) is 102 Å². The number of benzene rings is 4. The van der Waals surface area contributed by atoms with Crippen molar-refractivity contribution in [1.29, 1.82) is 10.5 Å². The average molecular weight is 484 g/mol. The zero-order valence-electron chi connectivity index (χ0n) is 18.1. The van der Waals surface area contributed by atoms with E-state index >= 15 is 4.39 Å². The monoisotopic (exact) mass is 483 g/mol. The van der Waals surface area contributed by atoms with Gasteiger partial charge in [-0.2, -0.15) is 10.5 Å². The highest BCUT2D eigenvalue weighted by Crippen LogP contribution is 2.48. The number of hydrogen-bond acceptors (Lipinski definition) is 6. The molecule has 166 valence electrons. The van der Waals surface area contributed by atoms with E-state index in [9.17, 15) is 10.5 Å². The second-order valence-electron chi connectivity index (χ2n) is 6.98. The van der Waals surface area contributed by atoms with Crippen LogP contribution in [0.5, 0.6) is 5.75 Å². The lowest BCUT2D eigenvalue weighted by Gasteiger charge is -2.20. The van der Waals surface area contributed by atoms with Gasteiger partial charge in [0.15, 0.2) is 5.82 Å². The highest BCUT2D eigenvalue weighted by atomic mass is 32.2. The van der Waals surface area contributed by atoms with Crippen LogP contribution in [0.3, 0.4) is 0 Å². The van der Waals surface area contributed by atoms with Crippen LogP contribution < -0.4 is 10.1 Å². The van der Waals surface area contributed by atoms with E-state index in [1.54, 1.807) is 19.2 Å². The van der Waals surface area contributed by atoms with Gasteiger partial charge in [0.1, 0.15) is 23.5 Å². The first-order valence-electron chi connectivity index (χ1n) is 10.2. The van der Waals surface area contributed by atoms with Gasteiger partial charge in [0.25, 0.3) is 0 Å². The molecule has 0 aliphatic carbocycles. The first-order chi connectivity index (χ1) is 16.7. The number of methoxy groups -OCH3 is 1. The Kier molecular flexibility index (Phi) is 7.39. The SMILES string of the molecule is COc1ccccc1Nc1c(C#N)c(C#N)c(F)c(Sc2ccccc2)c1Sc1ccccc1. The van der Waals surface area contributed by atoms with Gasteiger partial charge >= 0.3 is 0 Å². The van der Waals surface area contributed by atoms with E-state index < -0.39 is 5.82 Å². The number of ether oxygens (including phenoxy) is 1. The maximum Gasteiger partial charge on any atom is 0.157 e. The van der Waals surface area contributed by atoms with Crippen LogP contribution in [0.1, 0.15) is 11.1 Å². The van der Waals surface area contributed by atoms with Crippen LogP contribution in [0, 0.1) is 28.5 Å². The Morgan fingerprint density at radius 3 is 1.82 bits per heavy atom. The van der Waals surface area contributed by atoms with Gasteiger partial charge in [-0.05, 0) is 36.4 Å². The minimum Gasteiger partial charge on any atom is -0.495 e. The van der Waals surface area contributed by atoms with Crippen molar-refractivity contribution in [2.45, 2.75) is 19.6 Å². The maximum absolute atomic E-state index is 15.8. The summed E-state index contributed by atoms with van der Waals surface area (Å²) in [5.74, 6) is -0.154. The maximum atomic E-state index is 15.8. The van der Waals surface area contributed by atoms with E-state index in [4.69, 9.17) is 4.74 Å². The molecule has 34 heavy (non-hydrogen) atoms. The normalized spacial score (nSPS) is 10.2.